The molecule has 0 aromatic carbocycles. The van der Waals surface area contributed by atoms with Gasteiger partial charge in [0, 0.05) is 12.1 Å². The number of hydrogen-bond donors (Lipinski definition) is 1. The van der Waals surface area contributed by atoms with Crippen molar-refractivity contribution in [2.75, 3.05) is 0 Å². The molecule has 2 aromatic rings. The van der Waals surface area contributed by atoms with Crippen molar-refractivity contribution < 1.29 is 13.7 Å². The first kappa shape index (κ1) is 11.4. The van der Waals surface area contributed by atoms with Gasteiger partial charge in [-0.05, 0) is 25.5 Å². The Kier molecular flexibility index (Phi) is 3.27. The maximum absolute atomic E-state index is 11.7. The molecule has 2 rings (SSSR count). The van der Waals surface area contributed by atoms with Crippen LogP contribution in [0.4, 0.5) is 0 Å². The molecule has 0 aliphatic rings. The highest BCUT2D eigenvalue weighted by Crippen LogP contribution is 2.20. The van der Waals surface area contributed by atoms with Crippen LogP contribution < -0.4 is 5.32 Å². The summed E-state index contributed by atoms with van der Waals surface area (Å²) in [4.78, 5) is 11.7. The normalized spacial score (nSPS) is 12.4. The van der Waals surface area contributed by atoms with Crippen LogP contribution in [0.1, 0.15) is 30.8 Å². The lowest BCUT2D eigenvalue weighted by Gasteiger charge is -2.08. The fourth-order valence-corrected chi connectivity index (χ4v) is 1.32. The number of nitrogens with one attached hydrogen (secondary N) is 1. The van der Waals surface area contributed by atoms with E-state index in [0.29, 0.717) is 11.5 Å². The van der Waals surface area contributed by atoms with Gasteiger partial charge in [-0.15, -0.1) is 0 Å². The number of furan rings is 1. The first-order valence-corrected chi connectivity index (χ1v) is 5.52. The molecule has 90 valence electrons. The minimum absolute atomic E-state index is 0.117. The van der Waals surface area contributed by atoms with Crippen molar-refractivity contribution >= 4 is 5.91 Å². The second-order valence-corrected chi connectivity index (χ2v) is 3.84. The van der Waals surface area contributed by atoms with Gasteiger partial charge in [-0.2, -0.15) is 0 Å². The van der Waals surface area contributed by atoms with Gasteiger partial charge in [0.2, 0.25) is 5.76 Å². The van der Waals surface area contributed by atoms with Gasteiger partial charge < -0.3 is 14.3 Å². The molecule has 2 aromatic heterocycles. The third-order valence-electron chi connectivity index (χ3n) is 2.50. The Bertz CT molecular complexity index is 488. The Morgan fingerprint density at radius 2 is 2.35 bits per heavy atom. The van der Waals surface area contributed by atoms with Crippen LogP contribution >= 0.6 is 0 Å². The third-order valence-corrected chi connectivity index (χ3v) is 2.50. The predicted octanol–water partition coefficient (Wildman–Crippen LogP) is 2.46. The van der Waals surface area contributed by atoms with Crippen molar-refractivity contribution in [3.8, 4) is 11.5 Å². The summed E-state index contributed by atoms with van der Waals surface area (Å²) in [5.74, 6) is 0.769. The number of aromatic nitrogens is 1. The molecule has 0 aliphatic carbocycles. The summed E-state index contributed by atoms with van der Waals surface area (Å²) in [7, 11) is 0. The summed E-state index contributed by atoms with van der Waals surface area (Å²) in [5.41, 5.74) is 0.261. The first-order valence-electron chi connectivity index (χ1n) is 5.52. The highest BCUT2D eigenvalue weighted by atomic mass is 16.5. The number of rotatable bonds is 4. The molecule has 1 amide bonds. The minimum atomic E-state index is -0.235. The summed E-state index contributed by atoms with van der Waals surface area (Å²) in [5, 5.41) is 6.52. The van der Waals surface area contributed by atoms with Gasteiger partial charge in [-0.25, -0.2) is 0 Å². The highest BCUT2D eigenvalue weighted by Gasteiger charge is 2.15. The molecule has 5 heteroatoms. The van der Waals surface area contributed by atoms with E-state index in [-0.39, 0.29) is 17.6 Å². The van der Waals surface area contributed by atoms with Gasteiger partial charge in [-0.3, -0.25) is 4.79 Å². The maximum atomic E-state index is 11.7. The molecule has 2 heterocycles. The van der Waals surface area contributed by atoms with Crippen LogP contribution in [0.3, 0.4) is 0 Å². The lowest BCUT2D eigenvalue weighted by atomic mass is 10.2. The van der Waals surface area contributed by atoms with Crippen LogP contribution in [0.15, 0.2) is 33.4 Å². The molecule has 0 unspecified atom stereocenters. The average Bonchev–Trinajstić information content (AvgIpc) is 2.98. The van der Waals surface area contributed by atoms with E-state index in [9.17, 15) is 4.79 Å². The van der Waals surface area contributed by atoms with Crippen LogP contribution in [0.5, 0.6) is 0 Å². The van der Waals surface area contributed by atoms with Crippen molar-refractivity contribution in [1.29, 1.82) is 0 Å². The second kappa shape index (κ2) is 4.86. The lowest BCUT2D eigenvalue weighted by Crippen LogP contribution is -2.32. The second-order valence-electron chi connectivity index (χ2n) is 3.84. The highest BCUT2D eigenvalue weighted by molar-refractivity contribution is 5.93. The van der Waals surface area contributed by atoms with E-state index in [1.807, 2.05) is 13.8 Å². The first-order chi connectivity index (χ1) is 8.20. The molecular formula is C12H14N2O3. The number of carbonyl (C=O) groups excluding carboxylic acids is 1. The molecule has 0 saturated carbocycles. The molecule has 5 nitrogen and oxygen atoms in total. The fraction of sp³-hybridized carbons (Fsp3) is 0.333. The van der Waals surface area contributed by atoms with Crippen molar-refractivity contribution in [2.45, 2.75) is 26.3 Å². The summed E-state index contributed by atoms with van der Waals surface area (Å²) >= 11 is 0. The van der Waals surface area contributed by atoms with Gasteiger partial charge in [-0.1, -0.05) is 12.1 Å². The molecule has 1 atom stereocenters. The van der Waals surface area contributed by atoms with E-state index in [0.717, 1.165) is 6.42 Å². The third kappa shape index (κ3) is 2.55. The SMILES string of the molecule is CC[C@H](C)NC(=O)c1cc(-c2ccco2)on1. The number of carbonyl (C=O) groups is 1. The van der Waals surface area contributed by atoms with Crippen molar-refractivity contribution in [1.82, 2.24) is 10.5 Å². The van der Waals surface area contributed by atoms with Crippen molar-refractivity contribution in [3.05, 3.63) is 30.2 Å². The van der Waals surface area contributed by atoms with Crippen molar-refractivity contribution in [2.24, 2.45) is 0 Å². The molecule has 0 spiro atoms. The minimum Gasteiger partial charge on any atom is -0.461 e. The monoisotopic (exact) mass is 234 g/mol. The quantitative estimate of drug-likeness (QED) is 0.882. The number of amides is 1. The van der Waals surface area contributed by atoms with Crippen LogP contribution in [0.2, 0.25) is 0 Å². The summed E-state index contributed by atoms with van der Waals surface area (Å²) in [6.07, 6.45) is 2.41. The topological polar surface area (TPSA) is 68.3 Å². The van der Waals surface area contributed by atoms with Crippen LogP contribution in [-0.4, -0.2) is 17.1 Å². The van der Waals surface area contributed by atoms with Crippen LogP contribution in [0, 0.1) is 0 Å². The zero-order valence-electron chi connectivity index (χ0n) is 9.77. The van der Waals surface area contributed by atoms with E-state index in [1.165, 1.54) is 6.26 Å². The van der Waals surface area contributed by atoms with Crippen LogP contribution in [-0.2, 0) is 0 Å². The Balaban J connectivity index is 2.11. The zero-order chi connectivity index (χ0) is 12.3. The molecule has 0 aliphatic heterocycles. The lowest BCUT2D eigenvalue weighted by molar-refractivity contribution is 0.0930. The molecule has 17 heavy (non-hydrogen) atoms. The van der Waals surface area contributed by atoms with E-state index in [4.69, 9.17) is 8.94 Å². The molecule has 1 N–H and O–H groups in total. The van der Waals surface area contributed by atoms with Gasteiger partial charge >= 0.3 is 0 Å². The Labute approximate surface area is 98.8 Å². The zero-order valence-corrected chi connectivity index (χ0v) is 9.77. The van der Waals surface area contributed by atoms with Gasteiger partial charge in [0.15, 0.2) is 11.5 Å². The molecular weight excluding hydrogens is 220 g/mol. The Hall–Kier alpha value is -2.04. The number of hydrogen-bond acceptors (Lipinski definition) is 4. The Morgan fingerprint density at radius 3 is 3.00 bits per heavy atom. The molecule has 0 fully saturated rings. The molecule has 0 saturated heterocycles. The maximum Gasteiger partial charge on any atom is 0.273 e. The fourth-order valence-electron chi connectivity index (χ4n) is 1.32. The summed E-state index contributed by atoms with van der Waals surface area (Å²) in [6, 6.07) is 5.18. The van der Waals surface area contributed by atoms with Gasteiger partial charge in [0.1, 0.15) is 0 Å². The van der Waals surface area contributed by atoms with E-state index in [2.05, 4.69) is 10.5 Å². The number of nitrogens with zero attached hydrogens (tertiary/aromatic N) is 1. The van der Waals surface area contributed by atoms with E-state index in [1.54, 1.807) is 18.2 Å². The Morgan fingerprint density at radius 1 is 1.53 bits per heavy atom. The van der Waals surface area contributed by atoms with Crippen molar-refractivity contribution in [3.63, 3.8) is 0 Å². The van der Waals surface area contributed by atoms with Crippen LogP contribution in [0.25, 0.3) is 11.5 Å². The molecule has 0 bridgehead atoms. The smallest absolute Gasteiger partial charge is 0.273 e. The van der Waals surface area contributed by atoms with E-state index >= 15 is 0 Å². The van der Waals surface area contributed by atoms with Gasteiger partial charge in [0.05, 0.1) is 6.26 Å². The average molecular weight is 234 g/mol. The standard InChI is InChI=1S/C12H14N2O3/c1-3-8(2)13-12(15)9-7-11(17-14-9)10-5-4-6-16-10/h4-8H,3H2,1-2H3,(H,13,15)/t8-/m0/s1. The van der Waals surface area contributed by atoms with Gasteiger partial charge in [0.25, 0.3) is 5.91 Å². The molecule has 0 radical (unpaired) electrons. The summed E-state index contributed by atoms with van der Waals surface area (Å²) < 4.78 is 10.2. The predicted molar refractivity (Wildman–Crippen MR) is 61.4 cm³/mol. The largest absolute Gasteiger partial charge is 0.461 e. The van der Waals surface area contributed by atoms with E-state index < -0.39 is 0 Å². The summed E-state index contributed by atoms with van der Waals surface area (Å²) in [6.45, 7) is 3.94.